The normalized spacial score (nSPS) is 37.1. The topological polar surface area (TPSA) is 34.6 Å². The van der Waals surface area contributed by atoms with Gasteiger partial charge in [0, 0.05) is 30.7 Å². The fraction of sp³-hybridized carbons (Fsp3) is 0.550. The molecule has 126 valence electrons. The van der Waals surface area contributed by atoms with Crippen LogP contribution >= 0.6 is 0 Å². The number of pyridine rings is 1. The Kier molecular flexibility index (Phi) is 3.16. The molecule has 3 bridgehead atoms. The van der Waals surface area contributed by atoms with E-state index in [0.29, 0.717) is 17.6 Å². The summed E-state index contributed by atoms with van der Waals surface area (Å²) in [5.41, 5.74) is 2.76. The van der Waals surface area contributed by atoms with Crippen LogP contribution in [0.15, 0.2) is 30.5 Å². The average molecular weight is 324 g/mol. The molecule has 4 heteroatoms. The van der Waals surface area contributed by atoms with Crippen LogP contribution in [-0.2, 0) is 4.74 Å². The van der Waals surface area contributed by atoms with Gasteiger partial charge in [0.25, 0.3) is 0 Å². The number of ether oxygens (including phenoxy) is 2. The lowest BCUT2D eigenvalue weighted by atomic mass is 9.77. The molecule has 0 radical (unpaired) electrons. The molecule has 3 unspecified atom stereocenters. The van der Waals surface area contributed by atoms with Gasteiger partial charge in [-0.05, 0) is 54.5 Å². The van der Waals surface area contributed by atoms with Crippen molar-refractivity contribution in [3.63, 3.8) is 0 Å². The molecule has 2 aromatic rings. The predicted molar refractivity (Wildman–Crippen MR) is 93.2 cm³/mol. The van der Waals surface area contributed by atoms with Crippen molar-refractivity contribution in [3.05, 3.63) is 36.0 Å². The van der Waals surface area contributed by atoms with E-state index >= 15 is 0 Å². The molecule has 0 aliphatic carbocycles. The summed E-state index contributed by atoms with van der Waals surface area (Å²) in [6.07, 6.45) is 6.19. The minimum Gasteiger partial charge on any atom is -0.497 e. The maximum absolute atomic E-state index is 6.60. The van der Waals surface area contributed by atoms with Crippen molar-refractivity contribution < 1.29 is 9.47 Å². The van der Waals surface area contributed by atoms with Gasteiger partial charge in [-0.15, -0.1) is 0 Å². The molecule has 3 saturated heterocycles. The van der Waals surface area contributed by atoms with Crippen LogP contribution in [0.2, 0.25) is 0 Å². The van der Waals surface area contributed by atoms with Gasteiger partial charge in [-0.25, -0.2) is 0 Å². The molecule has 0 amide bonds. The zero-order chi connectivity index (χ0) is 16.3. The van der Waals surface area contributed by atoms with Gasteiger partial charge >= 0.3 is 0 Å². The van der Waals surface area contributed by atoms with Gasteiger partial charge in [-0.3, -0.25) is 9.88 Å². The Labute approximate surface area is 142 Å². The number of piperidine rings is 1. The number of fused-ring (bicyclic) bond motifs is 3. The summed E-state index contributed by atoms with van der Waals surface area (Å²) in [7, 11) is 1.72. The summed E-state index contributed by atoms with van der Waals surface area (Å²) < 4.78 is 12.0. The van der Waals surface area contributed by atoms with Gasteiger partial charge in [-0.2, -0.15) is 0 Å². The number of rotatable bonds is 3. The predicted octanol–water partition coefficient (Wildman–Crippen LogP) is 3.56. The first-order valence-corrected chi connectivity index (χ1v) is 9.03. The summed E-state index contributed by atoms with van der Waals surface area (Å²) in [6.45, 7) is 4.70. The molecule has 0 spiro atoms. The van der Waals surface area contributed by atoms with E-state index in [0.717, 1.165) is 17.8 Å². The molecule has 24 heavy (non-hydrogen) atoms. The Bertz CT molecular complexity index is 792. The van der Waals surface area contributed by atoms with Crippen molar-refractivity contribution in [2.75, 3.05) is 20.2 Å². The molecule has 4 heterocycles. The lowest BCUT2D eigenvalue weighted by Gasteiger charge is -2.44. The molecular weight excluding hydrogens is 300 g/mol. The fourth-order valence-electron chi connectivity index (χ4n) is 5.23. The first-order valence-electron chi connectivity index (χ1n) is 9.03. The van der Waals surface area contributed by atoms with Crippen molar-refractivity contribution in [1.82, 2.24) is 9.88 Å². The molecule has 0 saturated carbocycles. The molecular formula is C20H24N2O2. The number of methoxy groups -OCH3 is 1. The van der Waals surface area contributed by atoms with Crippen molar-refractivity contribution in [1.29, 1.82) is 0 Å². The molecule has 1 aromatic carbocycles. The van der Waals surface area contributed by atoms with Gasteiger partial charge in [0.1, 0.15) is 5.75 Å². The van der Waals surface area contributed by atoms with E-state index in [1.54, 1.807) is 7.11 Å². The van der Waals surface area contributed by atoms with Crippen LogP contribution in [0.5, 0.6) is 5.75 Å². The highest BCUT2D eigenvalue weighted by molar-refractivity contribution is 5.84. The molecule has 3 aliphatic rings. The van der Waals surface area contributed by atoms with Crippen LogP contribution in [0.4, 0.5) is 0 Å². The van der Waals surface area contributed by atoms with Gasteiger partial charge in [0.15, 0.2) is 0 Å². The van der Waals surface area contributed by atoms with Crippen molar-refractivity contribution in [3.8, 4) is 5.75 Å². The number of hydrogen-bond donors (Lipinski definition) is 0. The summed E-state index contributed by atoms with van der Waals surface area (Å²) in [6, 6.07) is 8.77. The van der Waals surface area contributed by atoms with Crippen molar-refractivity contribution in [2.24, 2.45) is 5.41 Å². The maximum atomic E-state index is 6.60. The van der Waals surface area contributed by atoms with Crippen LogP contribution in [0.3, 0.4) is 0 Å². The third-order valence-corrected chi connectivity index (χ3v) is 6.48. The highest BCUT2D eigenvalue weighted by Crippen LogP contribution is 2.54. The molecule has 3 aliphatic heterocycles. The van der Waals surface area contributed by atoms with Crippen molar-refractivity contribution >= 4 is 10.9 Å². The van der Waals surface area contributed by atoms with Crippen LogP contribution < -0.4 is 4.74 Å². The van der Waals surface area contributed by atoms with E-state index in [1.807, 2.05) is 18.3 Å². The number of benzene rings is 1. The first kappa shape index (κ1) is 14.7. The van der Waals surface area contributed by atoms with Crippen LogP contribution in [0.25, 0.3) is 10.9 Å². The van der Waals surface area contributed by atoms with E-state index in [-0.39, 0.29) is 6.10 Å². The Balaban J connectivity index is 1.61. The zero-order valence-electron chi connectivity index (χ0n) is 14.4. The van der Waals surface area contributed by atoms with E-state index in [1.165, 1.54) is 36.8 Å². The summed E-state index contributed by atoms with van der Waals surface area (Å²) >= 11 is 0. The van der Waals surface area contributed by atoms with Crippen LogP contribution in [0.1, 0.15) is 37.9 Å². The third-order valence-electron chi connectivity index (χ3n) is 6.48. The fourth-order valence-corrected chi connectivity index (χ4v) is 5.23. The average Bonchev–Trinajstić information content (AvgIpc) is 2.82. The monoisotopic (exact) mass is 324 g/mol. The Hall–Kier alpha value is -1.65. The minimum absolute atomic E-state index is 0.150. The maximum Gasteiger partial charge on any atom is 0.119 e. The molecule has 4 nitrogen and oxygen atoms in total. The van der Waals surface area contributed by atoms with E-state index < -0.39 is 0 Å². The van der Waals surface area contributed by atoms with Crippen molar-refractivity contribution in [2.45, 2.75) is 44.4 Å². The van der Waals surface area contributed by atoms with Gasteiger partial charge < -0.3 is 9.47 Å². The SMILES string of the molecule is CCC12CC3CN(C1)[C@@H](C2)[C@@H](c1ccnc2ccc(OC)cc12)O3. The lowest BCUT2D eigenvalue weighted by Crippen LogP contribution is -2.51. The Morgan fingerprint density at radius 3 is 3.08 bits per heavy atom. The zero-order valence-corrected chi connectivity index (χ0v) is 14.4. The highest BCUT2D eigenvalue weighted by atomic mass is 16.5. The number of aromatic nitrogens is 1. The van der Waals surface area contributed by atoms with Gasteiger partial charge in [0.2, 0.25) is 0 Å². The first-order chi connectivity index (χ1) is 11.7. The summed E-state index contributed by atoms with van der Waals surface area (Å²) in [4.78, 5) is 7.21. The second kappa shape index (κ2) is 5.17. The van der Waals surface area contributed by atoms with Crippen LogP contribution in [-0.4, -0.2) is 42.2 Å². The van der Waals surface area contributed by atoms with Crippen LogP contribution in [0, 0.1) is 5.41 Å². The smallest absolute Gasteiger partial charge is 0.119 e. The minimum atomic E-state index is 0.150. The third kappa shape index (κ3) is 2.02. The summed E-state index contributed by atoms with van der Waals surface area (Å²) in [5.74, 6) is 0.880. The van der Waals surface area contributed by atoms with E-state index in [9.17, 15) is 0 Å². The van der Waals surface area contributed by atoms with Gasteiger partial charge in [-0.1, -0.05) is 6.92 Å². The highest BCUT2D eigenvalue weighted by Gasteiger charge is 2.55. The number of hydrogen-bond acceptors (Lipinski definition) is 4. The number of morpholine rings is 1. The summed E-state index contributed by atoms with van der Waals surface area (Å²) in [5, 5.41) is 1.17. The lowest BCUT2D eigenvalue weighted by molar-refractivity contribution is -0.125. The standard InChI is InChI=1S/C20H24N2O2/c1-3-20-9-14-11-22(12-20)18(10-20)19(24-14)15-6-7-21-17-5-4-13(23-2)8-16(15)17/h4-8,14,18-19H,3,9-12H2,1-2H3/t14?,18-,19+,20?/m0/s1. The molecule has 0 N–H and O–H groups in total. The second-order valence-electron chi connectivity index (χ2n) is 7.72. The quantitative estimate of drug-likeness (QED) is 0.865. The van der Waals surface area contributed by atoms with E-state index in [4.69, 9.17) is 9.47 Å². The molecule has 5 atom stereocenters. The Morgan fingerprint density at radius 1 is 1.33 bits per heavy atom. The number of nitrogens with zero attached hydrogens (tertiary/aromatic N) is 2. The van der Waals surface area contributed by atoms with Gasteiger partial charge in [0.05, 0.1) is 24.8 Å². The largest absolute Gasteiger partial charge is 0.497 e. The molecule has 1 aromatic heterocycles. The van der Waals surface area contributed by atoms with E-state index in [2.05, 4.69) is 28.9 Å². The Morgan fingerprint density at radius 2 is 2.25 bits per heavy atom. The molecule has 3 fully saturated rings. The second-order valence-corrected chi connectivity index (χ2v) is 7.72. The molecule has 5 rings (SSSR count).